The van der Waals surface area contributed by atoms with Crippen molar-refractivity contribution < 1.29 is 9.47 Å². The molecule has 1 radical (unpaired) electrons. The Morgan fingerprint density at radius 3 is 2.41 bits per heavy atom. The largest absolute Gasteiger partial charge is 0.344 e. The van der Waals surface area contributed by atoms with Crippen molar-refractivity contribution in [3.05, 3.63) is 40.3 Å². The van der Waals surface area contributed by atoms with Crippen LogP contribution in [0.4, 0.5) is 0 Å². The van der Waals surface area contributed by atoms with E-state index < -0.39 is 5.79 Å². The van der Waals surface area contributed by atoms with Gasteiger partial charge >= 0.3 is 0 Å². The number of hydrogen-bond acceptors (Lipinski definition) is 2. The molecule has 2 nitrogen and oxygen atoms in total. The quantitative estimate of drug-likeness (QED) is 0.768. The Bertz CT molecular complexity index is 388. The molecule has 0 N–H and O–H groups in total. The molecule has 1 aromatic rings. The lowest BCUT2D eigenvalue weighted by Crippen LogP contribution is -2.28. The zero-order chi connectivity index (χ0) is 12.5. The lowest BCUT2D eigenvalue weighted by atomic mass is 10.1. The summed E-state index contributed by atoms with van der Waals surface area (Å²) >= 11 is 2.33. The maximum atomic E-state index is 6.14. The molecule has 1 aromatic carbocycles. The summed E-state index contributed by atoms with van der Waals surface area (Å²) < 4.78 is 13.3. The fourth-order valence-corrected chi connectivity index (χ4v) is 2.92. The second kappa shape index (κ2) is 5.24. The van der Waals surface area contributed by atoms with Crippen molar-refractivity contribution in [2.24, 2.45) is 0 Å². The molecular formula is C14H18IO2. The first kappa shape index (κ1) is 13.3. The normalized spacial score (nSPS) is 27.3. The molecule has 93 valence electrons. The minimum absolute atomic E-state index is 0.0528. The molecule has 1 heterocycles. The zero-order valence-corrected chi connectivity index (χ0v) is 12.4. The van der Waals surface area contributed by atoms with Crippen LogP contribution in [-0.2, 0) is 9.47 Å². The van der Waals surface area contributed by atoms with Crippen molar-refractivity contribution in [3.63, 3.8) is 0 Å². The van der Waals surface area contributed by atoms with Crippen molar-refractivity contribution in [2.45, 2.75) is 44.7 Å². The van der Waals surface area contributed by atoms with Gasteiger partial charge in [-0.25, -0.2) is 0 Å². The first-order chi connectivity index (χ1) is 8.12. The third-order valence-corrected chi connectivity index (χ3v) is 4.32. The van der Waals surface area contributed by atoms with Crippen LogP contribution in [-0.4, -0.2) is 11.9 Å². The van der Waals surface area contributed by atoms with Crippen LogP contribution in [0.15, 0.2) is 24.3 Å². The van der Waals surface area contributed by atoms with Crippen LogP contribution in [0.25, 0.3) is 0 Å². The van der Waals surface area contributed by atoms with Gasteiger partial charge in [0.25, 0.3) is 0 Å². The molecule has 0 amide bonds. The van der Waals surface area contributed by atoms with E-state index >= 15 is 0 Å². The number of benzene rings is 1. The van der Waals surface area contributed by atoms with Gasteiger partial charge < -0.3 is 9.47 Å². The monoisotopic (exact) mass is 345 g/mol. The van der Waals surface area contributed by atoms with Crippen molar-refractivity contribution in [1.82, 2.24) is 0 Å². The summed E-state index contributed by atoms with van der Waals surface area (Å²) in [5.41, 5.74) is 1.18. The molecule has 2 atom stereocenters. The Kier molecular flexibility index (Phi) is 4.10. The molecular weight excluding hydrogens is 327 g/mol. The molecule has 1 aliphatic rings. The van der Waals surface area contributed by atoms with Crippen LogP contribution >= 0.6 is 22.6 Å². The molecule has 0 unspecified atom stereocenters. The van der Waals surface area contributed by atoms with Gasteiger partial charge in [0.1, 0.15) is 6.10 Å². The molecule has 0 aromatic heterocycles. The number of rotatable bonds is 3. The molecule has 17 heavy (non-hydrogen) atoms. The van der Waals surface area contributed by atoms with Gasteiger partial charge in [-0.05, 0) is 54.0 Å². The molecule has 0 aliphatic carbocycles. The third kappa shape index (κ3) is 2.51. The van der Waals surface area contributed by atoms with E-state index in [0.717, 1.165) is 12.8 Å². The summed E-state index contributed by atoms with van der Waals surface area (Å²) in [6.07, 6.45) is 1.53. The molecule has 0 bridgehead atoms. The third-order valence-electron chi connectivity index (χ3n) is 3.33. The standard InChI is InChI=1S/C14H18IO2/c1-4-14(5-2)16-10(3)13(17-14)11-8-6-7-9-12(11)15/h6-10,13H,3-5H2,1-2H3/t10-,13+/m0/s1. The summed E-state index contributed by atoms with van der Waals surface area (Å²) in [4.78, 5) is 0. The molecule has 2 rings (SSSR count). The van der Waals surface area contributed by atoms with Crippen molar-refractivity contribution >= 4 is 22.6 Å². The van der Waals surface area contributed by atoms with Crippen LogP contribution in [0.3, 0.4) is 0 Å². The van der Waals surface area contributed by atoms with Crippen LogP contribution in [0.1, 0.15) is 38.4 Å². The maximum absolute atomic E-state index is 6.14. The zero-order valence-electron chi connectivity index (χ0n) is 10.3. The lowest BCUT2D eigenvalue weighted by molar-refractivity contribution is -0.177. The second-order valence-corrected chi connectivity index (χ2v) is 5.50. The summed E-state index contributed by atoms with van der Waals surface area (Å²) in [7, 11) is 0. The fourth-order valence-electron chi connectivity index (χ4n) is 2.23. The highest BCUT2D eigenvalue weighted by molar-refractivity contribution is 14.1. The van der Waals surface area contributed by atoms with Crippen LogP contribution in [0.2, 0.25) is 0 Å². The fraction of sp³-hybridized carbons (Fsp3) is 0.500. The molecule has 3 heteroatoms. The highest BCUT2D eigenvalue weighted by Crippen LogP contribution is 2.42. The van der Waals surface area contributed by atoms with Gasteiger partial charge in [-0.1, -0.05) is 32.0 Å². The first-order valence-electron chi connectivity index (χ1n) is 6.05. The highest BCUT2D eigenvalue weighted by Gasteiger charge is 2.44. The summed E-state index contributed by atoms with van der Waals surface area (Å²) in [6, 6.07) is 8.25. The number of halogens is 1. The van der Waals surface area contributed by atoms with Gasteiger partial charge in [-0.2, -0.15) is 0 Å². The van der Waals surface area contributed by atoms with Crippen LogP contribution in [0.5, 0.6) is 0 Å². The van der Waals surface area contributed by atoms with E-state index in [0.29, 0.717) is 0 Å². The van der Waals surface area contributed by atoms with E-state index in [-0.39, 0.29) is 12.2 Å². The topological polar surface area (TPSA) is 18.5 Å². The van der Waals surface area contributed by atoms with Crippen molar-refractivity contribution in [3.8, 4) is 0 Å². The Labute approximate surface area is 117 Å². The van der Waals surface area contributed by atoms with E-state index in [2.05, 4.69) is 55.5 Å². The molecule has 0 spiro atoms. The smallest absolute Gasteiger partial charge is 0.169 e. The van der Waals surface area contributed by atoms with E-state index in [1.54, 1.807) is 0 Å². The van der Waals surface area contributed by atoms with E-state index in [1.165, 1.54) is 9.13 Å². The minimum atomic E-state index is -0.448. The predicted octanol–water partition coefficient (Wildman–Crippen LogP) is 4.10. The van der Waals surface area contributed by atoms with Gasteiger partial charge in [0.15, 0.2) is 5.79 Å². The van der Waals surface area contributed by atoms with Gasteiger partial charge in [-0.3, -0.25) is 0 Å². The van der Waals surface area contributed by atoms with Gasteiger partial charge in [-0.15, -0.1) is 0 Å². The summed E-state index contributed by atoms with van der Waals surface area (Å²) in [6.45, 7) is 8.26. The van der Waals surface area contributed by atoms with E-state index in [9.17, 15) is 0 Å². The average Bonchev–Trinajstić information content (AvgIpc) is 2.68. The Balaban J connectivity index is 2.27. The number of hydrogen-bond donors (Lipinski definition) is 0. The van der Waals surface area contributed by atoms with Crippen molar-refractivity contribution in [2.75, 3.05) is 0 Å². The van der Waals surface area contributed by atoms with Gasteiger partial charge in [0.2, 0.25) is 0 Å². The maximum Gasteiger partial charge on any atom is 0.169 e. The van der Waals surface area contributed by atoms with E-state index in [4.69, 9.17) is 9.47 Å². The van der Waals surface area contributed by atoms with E-state index in [1.807, 2.05) is 12.1 Å². The van der Waals surface area contributed by atoms with Crippen molar-refractivity contribution in [1.29, 1.82) is 0 Å². The molecule has 1 fully saturated rings. The summed E-state index contributed by atoms with van der Waals surface area (Å²) in [5.74, 6) is -0.448. The highest BCUT2D eigenvalue weighted by atomic mass is 127. The van der Waals surface area contributed by atoms with Gasteiger partial charge in [0, 0.05) is 3.57 Å². The summed E-state index contributed by atoms with van der Waals surface area (Å²) in [5, 5.41) is 0. The lowest BCUT2D eigenvalue weighted by Gasteiger charge is -2.25. The molecule has 0 saturated carbocycles. The second-order valence-electron chi connectivity index (χ2n) is 4.33. The predicted molar refractivity (Wildman–Crippen MR) is 76.5 cm³/mol. The Morgan fingerprint density at radius 1 is 1.24 bits per heavy atom. The first-order valence-corrected chi connectivity index (χ1v) is 7.13. The average molecular weight is 345 g/mol. The minimum Gasteiger partial charge on any atom is -0.344 e. The van der Waals surface area contributed by atoms with Gasteiger partial charge in [0.05, 0.1) is 6.10 Å². The number of ether oxygens (including phenoxy) is 2. The molecule has 1 saturated heterocycles. The Hall–Kier alpha value is -0.130. The Morgan fingerprint density at radius 2 is 1.88 bits per heavy atom. The molecule has 1 aliphatic heterocycles. The SMILES string of the molecule is [CH2][C@@H]1OC(CC)(CC)O[C@H]1c1ccccc1I. The van der Waals surface area contributed by atoms with Crippen LogP contribution in [0, 0.1) is 10.5 Å². The van der Waals surface area contributed by atoms with Crippen LogP contribution < -0.4 is 0 Å².